The highest BCUT2D eigenvalue weighted by Gasteiger charge is 2.72. The van der Waals surface area contributed by atoms with Crippen molar-refractivity contribution in [1.82, 2.24) is 20.5 Å². The molecule has 2 bridgehead atoms. The molecule has 4 aliphatic carbocycles. The number of carbonyl (C=O) groups excluding carboxylic acids is 1. The van der Waals surface area contributed by atoms with Crippen LogP contribution >= 0.6 is 11.6 Å². The fraction of sp³-hybridized carbons (Fsp3) is 0.579. The Hall–Kier alpha value is -2.40. The van der Waals surface area contributed by atoms with Crippen LogP contribution in [0.15, 0.2) is 22.7 Å². The number of ether oxygens (including phenoxy) is 2. The Bertz CT molecular complexity index is 971. The molecule has 0 aliphatic heterocycles. The van der Waals surface area contributed by atoms with Crippen LogP contribution in [0.2, 0.25) is 5.02 Å². The first-order valence-electron chi connectivity index (χ1n) is 9.78. The van der Waals surface area contributed by atoms with Crippen LogP contribution in [0.25, 0.3) is 0 Å². The van der Waals surface area contributed by atoms with Gasteiger partial charge in [0.25, 0.3) is 5.91 Å². The van der Waals surface area contributed by atoms with E-state index in [2.05, 4.69) is 25.2 Å². The fourth-order valence-electron chi connectivity index (χ4n) is 4.73. The number of aromatic nitrogens is 3. The molecule has 166 valence electrons. The third-order valence-electron chi connectivity index (χ3n) is 6.12. The highest BCUT2D eigenvalue weighted by atomic mass is 35.5. The van der Waals surface area contributed by atoms with Crippen molar-refractivity contribution in [2.24, 2.45) is 0 Å². The van der Waals surface area contributed by atoms with Crippen LogP contribution in [0, 0.1) is 0 Å². The molecular weight excluding hydrogens is 441 g/mol. The highest BCUT2D eigenvalue weighted by Crippen LogP contribution is 2.67. The van der Waals surface area contributed by atoms with E-state index in [-0.39, 0.29) is 42.2 Å². The topological polar surface area (TPSA) is 99.4 Å². The average molecular weight is 459 g/mol. The zero-order chi connectivity index (χ0) is 21.9. The second kappa shape index (κ2) is 7.06. The van der Waals surface area contributed by atoms with Gasteiger partial charge in [-0.25, -0.2) is 4.98 Å². The van der Waals surface area contributed by atoms with Crippen LogP contribution in [-0.4, -0.2) is 45.7 Å². The Labute approximate surface area is 179 Å². The molecule has 0 atom stereocenters. The minimum absolute atomic E-state index is 0.156. The van der Waals surface area contributed by atoms with Crippen LogP contribution in [0.5, 0.6) is 5.88 Å². The number of pyridine rings is 1. The minimum atomic E-state index is -4.63. The molecule has 8 nitrogen and oxygen atoms in total. The van der Waals surface area contributed by atoms with Crippen molar-refractivity contribution in [2.75, 3.05) is 6.61 Å². The number of halogens is 4. The minimum Gasteiger partial charge on any atom is -0.468 e. The number of amides is 1. The van der Waals surface area contributed by atoms with Gasteiger partial charge in [-0.3, -0.25) is 9.53 Å². The van der Waals surface area contributed by atoms with Crippen molar-refractivity contribution in [3.05, 3.63) is 35.1 Å². The Morgan fingerprint density at radius 2 is 2.00 bits per heavy atom. The Kier molecular flexibility index (Phi) is 4.67. The van der Waals surface area contributed by atoms with Gasteiger partial charge in [0.2, 0.25) is 17.7 Å². The molecule has 0 saturated heterocycles. The first-order chi connectivity index (χ1) is 14.6. The molecule has 0 radical (unpaired) electrons. The average Bonchev–Trinajstić information content (AvgIpc) is 3.07. The zero-order valence-electron chi connectivity index (χ0n) is 16.1. The summed E-state index contributed by atoms with van der Waals surface area (Å²) in [4.78, 5) is 16.2. The lowest BCUT2D eigenvalue weighted by Crippen LogP contribution is -2.77. The number of rotatable bonds is 7. The number of carbonyl (C=O) groups is 1. The predicted molar refractivity (Wildman–Crippen MR) is 98.3 cm³/mol. The van der Waals surface area contributed by atoms with Crippen molar-refractivity contribution < 1.29 is 31.9 Å². The van der Waals surface area contributed by atoms with Crippen LogP contribution in [-0.2, 0) is 14.9 Å². The van der Waals surface area contributed by atoms with Gasteiger partial charge < -0.3 is 14.5 Å². The van der Waals surface area contributed by atoms with Crippen molar-refractivity contribution in [3.63, 3.8) is 0 Å². The van der Waals surface area contributed by atoms with Crippen molar-refractivity contribution in [2.45, 2.75) is 61.4 Å². The van der Waals surface area contributed by atoms with Gasteiger partial charge in [-0.1, -0.05) is 11.6 Å². The number of nitrogens with zero attached hydrogens (tertiary/aromatic N) is 3. The molecule has 4 saturated carbocycles. The molecule has 4 fully saturated rings. The molecule has 0 aromatic carbocycles. The third kappa shape index (κ3) is 3.96. The molecular formula is C19H18ClF3N4O4. The van der Waals surface area contributed by atoms with Gasteiger partial charge in [0, 0.05) is 23.7 Å². The van der Waals surface area contributed by atoms with E-state index < -0.39 is 12.5 Å². The van der Waals surface area contributed by atoms with Gasteiger partial charge in [-0.15, -0.1) is 23.4 Å². The van der Waals surface area contributed by atoms with Crippen molar-refractivity contribution >= 4 is 17.5 Å². The number of alkyl halides is 3. The van der Waals surface area contributed by atoms with Gasteiger partial charge in [-0.05, 0) is 38.2 Å². The lowest BCUT2D eigenvalue weighted by Gasteiger charge is -2.68. The standard InChI is InChI=1S/C19H18ClF3N4O4/c20-11-1-2-14(24-5-11)29-6-13(28)25-18-7-17(8-18,9-18)16-27-26-15(30-16)10-3-12(4-10)31-19(21,22)23/h1-2,5,10,12H,3-4,6-9H2,(H,25,28). The highest BCUT2D eigenvalue weighted by molar-refractivity contribution is 6.30. The summed E-state index contributed by atoms with van der Waals surface area (Å²) in [5, 5.41) is 11.6. The van der Waals surface area contributed by atoms with E-state index in [1.165, 1.54) is 6.20 Å². The summed E-state index contributed by atoms with van der Waals surface area (Å²) in [6, 6.07) is 3.21. The lowest BCUT2D eigenvalue weighted by atomic mass is 9.39. The van der Waals surface area contributed by atoms with Gasteiger partial charge in [0.15, 0.2) is 6.61 Å². The van der Waals surface area contributed by atoms with E-state index in [1.807, 2.05) is 0 Å². The van der Waals surface area contributed by atoms with E-state index in [0.717, 1.165) is 0 Å². The number of hydrogen-bond donors (Lipinski definition) is 1. The molecule has 1 N–H and O–H groups in total. The van der Waals surface area contributed by atoms with E-state index in [4.69, 9.17) is 20.8 Å². The Morgan fingerprint density at radius 3 is 2.65 bits per heavy atom. The SMILES string of the molecule is O=C(COc1ccc(Cl)cn1)NC12CC(c3nnc(C4CC(OC(F)(F)F)C4)o3)(C1)C2. The van der Waals surface area contributed by atoms with E-state index in [1.54, 1.807) is 12.1 Å². The maximum Gasteiger partial charge on any atom is 0.522 e. The van der Waals surface area contributed by atoms with Crippen molar-refractivity contribution in [3.8, 4) is 5.88 Å². The molecule has 0 spiro atoms. The summed E-state index contributed by atoms with van der Waals surface area (Å²) < 4.78 is 51.8. The summed E-state index contributed by atoms with van der Waals surface area (Å²) in [5.74, 6) is 0.685. The molecule has 12 heteroatoms. The third-order valence-corrected chi connectivity index (χ3v) is 6.35. The summed E-state index contributed by atoms with van der Waals surface area (Å²) in [7, 11) is 0. The van der Waals surface area contributed by atoms with Gasteiger partial charge in [-0.2, -0.15) is 0 Å². The zero-order valence-corrected chi connectivity index (χ0v) is 16.9. The molecule has 1 amide bonds. The summed E-state index contributed by atoms with van der Waals surface area (Å²) >= 11 is 5.76. The molecule has 2 aromatic heterocycles. The largest absolute Gasteiger partial charge is 0.522 e. The fourth-order valence-corrected chi connectivity index (χ4v) is 4.84. The molecule has 2 aromatic rings. The lowest BCUT2D eigenvalue weighted by molar-refractivity contribution is -0.352. The molecule has 6 rings (SSSR count). The second-order valence-corrected chi connectivity index (χ2v) is 8.98. The quantitative estimate of drug-likeness (QED) is 0.679. The van der Waals surface area contributed by atoms with Crippen LogP contribution in [0.1, 0.15) is 49.8 Å². The van der Waals surface area contributed by atoms with E-state index >= 15 is 0 Å². The summed E-state index contributed by atoms with van der Waals surface area (Å²) in [5.41, 5.74) is -0.562. The van der Waals surface area contributed by atoms with Crippen molar-refractivity contribution in [1.29, 1.82) is 0 Å². The van der Waals surface area contributed by atoms with E-state index in [9.17, 15) is 18.0 Å². The maximum atomic E-state index is 12.2. The molecule has 2 heterocycles. The monoisotopic (exact) mass is 458 g/mol. The number of nitrogens with one attached hydrogen (secondary N) is 1. The number of hydrogen-bond acceptors (Lipinski definition) is 7. The molecule has 31 heavy (non-hydrogen) atoms. The molecule has 0 unspecified atom stereocenters. The Balaban J connectivity index is 1.08. The Morgan fingerprint density at radius 1 is 1.26 bits per heavy atom. The molecule has 4 aliphatic rings. The first-order valence-corrected chi connectivity index (χ1v) is 10.2. The summed E-state index contributed by atoms with van der Waals surface area (Å²) in [6.07, 6.45) is -1.61. The van der Waals surface area contributed by atoms with Gasteiger partial charge in [0.05, 0.1) is 16.5 Å². The van der Waals surface area contributed by atoms with Gasteiger partial charge in [0.1, 0.15) is 0 Å². The summed E-state index contributed by atoms with van der Waals surface area (Å²) in [6.45, 7) is -0.156. The predicted octanol–water partition coefficient (Wildman–Crippen LogP) is 3.27. The van der Waals surface area contributed by atoms with Crippen LogP contribution in [0.3, 0.4) is 0 Å². The van der Waals surface area contributed by atoms with Gasteiger partial charge >= 0.3 is 6.36 Å². The van der Waals surface area contributed by atoms with Crippen LogP contribution in [0.4, 0.5) is 13.2 Å². The normalized spacial score (nSPS) is 31.2. The second-order valence-electron chi connectivity index (χ2n) is 8.54. The smallest absolute Gasteiger partial charge is 0.468 e. The maximum absolute atomic E-state index is 12.2. The van der Waals surface area contributed by atoms with E-state index in [0.29, 0.717) is 41.9 Å². The first kappa shape index (κ1) is 20.5. The van der Waals surface area contributed by atoms with Crippen LogP contribution < -0.4 is 10.1 Å².